The summed E-state index contributed by atoms with van der Waals surface area (Å²) < 4.78 is 0. The molecule has 0 unspecified atom stereocenters. The fraction of sp³-hybridized carbons (Fsp3) is 0.389. The van der Waals surface area contributed by atoms with Gasteiger partial charge in [0, 0.05) is 37.3 Å². The van der Waals surface area contributed by atoms with E-state index in [0.29, 0.717) is 30.4 Å². The van der Waals surface area contributed by atoms with Crippen molar-refractivity contribution in [2.45, 2.75) is 26.7 Å². The van der Waals surface area contributed by atoms with Crippen LogP contribution in [0.4, 0.5) is 5.69 Å². The fourth-order valence-electron chi connectivity index (χ4n) is 2.52. The molecule has 0 spiro atoms. The number of carbonyl (C=O) groups excluding carboxylic acids is 1. The number of anilines is 1. The van der Waals surface area contributed by atoms with Crippen molar-refractivity contribution in [3.63, 3.8) is 0 Å². The quantitative estimate of drug-likeness (QED) is 0.203. The normalized spacial score (nSPS) is 15.6. The van der Waals surface area contributed by atoms with Crippen LogP contribution in [0.2, 0.25) is 0 Å². The molecule has 0 aliphatic carbocycles. The van der Waals surface area contributed by atoms with E-state index in [1.807, 2.05) is 38.1 Å². The number of hydrogen-bond donors (Lipinski definition) is 2. The first-order valence-corrected chi connectivity index (χ1v) is 9.83. The molecule has 1 radical (unpaired) electrons. The van der Waals surface area contributed by atoms with Crippen LogP contribution in [-0.2, 0) is 47.1 Å². The minimum atomic E-state index is 0. The Hall–Kier alpha value is -2.07. The minimum absolute atomic E-state index is 0. The number of nitrogens with zero attached hydrogens (tertiary/aromatic N) is 5. The zero-order valence-electron chi connectivity index (χ0n) is 16.2. The van der Waals surface area contributed by atoms with Gasteiger partial charge >= 0.3 is 17.1 Å². The van der Waals surface area contributed by atoms with Gasteiger partial charge in [-0.3, -0.25) is 25.6 Å². The zero-order valence-corrected chi connectivity index (χ0v) is 18.8. The SMILES string of the molecule is CCN=C([S-])N/N=C/C(=N/NC([S-])=NCC)c1ccc(N2CCCC2=O)cc1.[Cu+2]. The molecule has 0 atom stereocenters. The van der Waals surface area contributed by atoms with Gasteiger partial charge in [0.15, 0.2) is 0 Å². The van der Waals surface area contributed by atoms with Crippen molar-refractivity contribution in [3.05, 3.63) is 29.8 Å². The third-order valence-corrected chi connectivity index (χ3v) is 4.21. The maximum Gasteiger partial charge on any atom is 2.00 e. The van der Waals surface area contributed by atoms with Gasteiger partial charge in [-0.15, -0.1) is 0 Å². The second-order valence-electron chi connectivity index (χ2n) is 5.73. The van der Waals surface area contributed by atoms with Gasteiger partial charge in [0.2, 0.25) is 5.91 Å². The summed E-state index contributed by atoms with van der Waals surface area (Å²) in [5, 5.41) is 8.95. The van der Waals surface area contributed by atoms with Crippen molar-refractivity contribution in [3.8, 4) is 0 Å². The molecule has 0 bridgehead atoms. The van der Waals surface area contributed by atoms with Crippen molar-refractivity contribution in [2.24, 2.45) is 20.2 Å². The number of aliphatic imine (C=N–C) groups is 2. The number of benzene rings is 1. The number of nitrogens with one attached hydrogen (secondary N) is 2. The number of hydrazone groups is 2. The number of hydrogen-bond acceptors (Lipinski definition) is 7. The minimum Gasteiger partial charge on any atom is -0.741 e. The number of amides is 1. The summed E-state index contributed by atoms with van der Waals surface area (Å²) >= 11 is 10.1. The van der Waals surface area contributed by atoms with Crippen LogP contribution >= 0.6 is 0 Å². The van der Waals surface area contributed by atoms with Crippen LogP contribution in [0.5, 0.6) is 0 Å². The van der Waals surface area contributed by atoms with Gasteiger partial charge in [-0.2, -0.15) is 10.2 Å². The average molecular weight is 481 g/mol. The molecule has 1 aliphatic rings. The molecule has 29 heavy (non-hydrogen) atoms. The van der Waals surface area contributed by atoms with Crippen LogP contribution in [0.15, 0.2) is 44.5 Å². The molecule has 1 saturated heterocycles. The Labute approximate surface area is 192 Å². The third kappa shape index (κ3) is 8.06. The Kier molecular flexibility index (Phi) is 11.4. The molecule has 0 saturated carbocycles. The Balaban J connectivity index is 0.00000420. The fourth-order valence-corrected chi connectivity index (χ4v) is 2.87. The predicted octanol–water partition coefficient (Wildman–Crippen LogP) is 1.53. The van der Waals surface area contributed by atoms with E-state index in [1.165, 1.54) is 6.21 Å². The molecule has 1 heterocycles. The number of rotatable bonds is 7. The van der Waals surface area contributed by atoms with Gasteiger partial charge in [0.05, 0.1) is 6.21 Å². The van der Waals surface area contributed by atoms with Crippen molar-refractivity contribution < 1.29 is 21.9 Å². The molecule has 0 aromatic heterocycles. The number of amidine groups is 2. The second kappa shape index (κ2) is 13.2. The van der Waals surface area contributed by atoms with Crippen LogP contribution in [0.25, 0.3) is 0 Å². The molecule has 8 nitrogen and oxygen atoms in total. The Morgan fingerprint density at radius 2 is 1.72 bits per heavy atom. The average Bonchev–Trinajstić information content (AvgIpc) is 3.11. The molecule has 2 N–H and O–H groups in total. The zero-order chi connectivity index (χ0) is 20.4. The van der Waals surface area contributed by atoms with E-state index in [-0.39, 0.29) is 28.1 Å². The summed E-state index contributed by atoms with van der Waals surface area (Å²) in [6, 6.07) is 7.53. The van der Waals surface area contributed by atoms with Crippen LogP contribution in [-0.4, -0.2) is 47.8 Å². The van der Waals surface area contributed by atoms with Crippen LogP contribution in [0.3, 0.4) is 0 Å². The standard InChI is InChI=1S/C18H25N7OS2.Cu/c1-3-19-17(27)23-21-12-15(22-24-18(28)20-4-2)13-7-9-14(10-8-13)25-11-5-6-16(25)26;/h7-10,12H,3-6,11H2,1-2H3,(H2,19,23,27)(H2,20,24,28);/q;+2/p-2/b21-12+,22-15-;. The summed E-state index contributed by atoms with van der Waals surface area (Å²) in [5.74, 6) is 0.147. The van der Waals surface area contributed by atoms with Gasteiger partial charge in [-0.25, -0.2) is 0 Å². The topological polar surface area (TPSA) is 93.8 Å². The predicted molar refractivity (Wildman–Crippen MR) is 120 cm³/mol. The largest absolute Gasteiger partial charge is 2.00 e. The van der Waals surface area contributed by atoms with Gasteiger partial charge < -0.3 is 30.2 Å². The van der Waals surface area contributed by atoms with Crippen molar-refractivity contribution in [2.75, 3.05) is 24.5 Å². The Morgan fingerprint density at radius 1 is 1.10 bits per heavy atom. The van der Waals surface area contributed by atoms with Crippen molar-refractivity contribution in [1.29, 1.82) is 0 Å². The molecule has 1 aliphatic heterocycles. The van der Waals surface area contributed by atoms with Crippen LogP contribution < -0.4 is 15.8 Å². The van der Waals surface area contributed by atoms with E-state index in [9.17, 15) is 4.79 Å². The molecule has 2 rings (SSSR count). The second-order valence-corrected chi connectivity index (χ2v) is 6.51. The summed E-state index contributed by atoms with van der Waals surface area (Å²) in [6.45, 7) is 5.67. The Bertz CT molecular complexity index is 794. The first kappa shape index (κ1) is 25.0. The Morgan fingerprint density at radius 3 is 2.28 bits per heavy atom. The molecule has 159 valence electrons. The molecule has 1 fully saturated rings. The molecule has 1 aromatic carbocycles. The van der Waals surface area contributed by atoms with E-state index >= 15 is 0 Å². The maximum absolute atomic E-state index is 11.9. The van der Waals surface area contributed by atoms with Gasteiger partial charge in [0.1, 0.15) is 5.71 Å². The molecular weight excluding hydrogens is 458 g/mol. The van der Waals surface area contributed by atoms with E-state index < -0.39 is 0 Å². The molecule has 1 amide bonds. The van der Waals surface area contributed by atoms with E-state index in [4.69, 9.17) is 25.3 Å². The summed E-state index contributed by atoms with van der Waals surface area (Å²) in [5.41, 5.74) is 7.60. The number of carbonyl (C=O) groups is 1. The van der Waals surface area contributed by atoms with E-state index in [0.717, 1.165) is 24.2 Å². The first-order chi connectivity index (χ1) is 13.5. The molecule has 1 aromatic rings. The molecular formula is C18H23CuN7OS2. The van der Waals surface area contributed by atoms with E-state index in [1.54, 1.807) is 4.90 Å². The van der Waals surface area contributed by atoms with Crippen molar-refractivity contribution >= 4 is 59.1 Å². The monoisotopic (exact) mass is 480 g/mol. The summed E-state index contributed by atoms with van der Waals surface area (Å²) in [7, 11) is 0. The summed E-state index contributed by atoms with van der Waals surface area (Å²) in [6.07, 6.45) is 3.00. The van der Waals surface area contributed by atoms with Gasteiger partial charge in [-0.1, -0.05) is 12.1 Å². The van der Waals surface area contributed by atoms with Crippen LogP contribution in [0.1, 0.15) is 32.3 Å². The smallest absolute Gasteiger partial charge is 0.741 e. The molecule has 11 heteroatoms. The van der Waals surface area contributed by atoms with Crippen LogP contribution in [0, 0.1) is 0 Å². The first-order valence-electron chi connectivity index (χ1n) is 9.01. The summed E-state index contributed by atoms with van der Waals surface area (Å²) in [4.78, 5) is 21.8. The maximum atomic E-state index is 11.9. The third-order valence-electron chi connectivity index (χ3n) is 3.77. The van der Waals surface area contributed by atoms with Crippen molar-refractivity contribution in [1.82, 2.24) is 10.9 Å². The van der Waals surface area contributed by atoms with Gasteiger partial charge in [0.25, 0.3) is 0 Å². The van der Waals surface area contributed by atoms with E-state index in [2.05, 4.69) is 31.0 Å². The van der Waals surface area contributed by atoms with Gasteiger partial charge in [-0.05, 0) is 42.7 Å².